The summed E-state index contributed by atoms with van der Waals surface area (Å²) < 4.78 is 0. The first-order chi connectivity index (χ1) is 8.58. The second kappa shape index (κ2) is 5.19. The van der Waals surface area contributed by atoms with Crippen molar-refractivity contribution in [2.24, 2.45) is 0 Å². The highest BCUT2D eigenvalue weighted by Gasteiger charge is 2.08. The molecule has 0 saturated heterocycles. The number of aryl methyl sites for hydroxylation is 1. The van der Waals surface area contributed by atoms with Gasteiger partial charge >= 0.3 is 0 Å². The summed E-state index contributed by atoms with van der Waals surface area (Å²) in [4.78, 5) is 15.9. The number of carbonyl (C=O) groups is 1. The van der Waals surface area contributed by atoms with Gasteiger partial charge in [0.05, 0.1) is 5.56 Å². The fraction of sp³-hybridized carbons (Fsp3) is 0.143. The molecule has 3 nitrogen and oxygen atoms in total. The second-order valence-electron chi connectivity index (χ2n) is 4.07. The molecule has 0 aliphatic carbocycles. The minimum atomic E-state index is -0.187. The average molecular weight is 261 g/mol. The molecule has 2 rings (SSSR count). The Hall–Kier alpha value is -1.87. The van der Waals surface area contributed by atoms with Gasteiger partial charge < -0.3 is 5.32 Å². The molecule has 18 heavy (non-hydrogen) atoms. The van der Waals surface area contributed by atoms with E-state index < -0.39 is 0 Å². The summed E-state index contributed by atoms with van der Waals surface area (Å²) in [5, 5.41) is 3.24. The molecule has 0 aliphatic rings. The summed E-state index contributed by atoms with van der Waals surface area (Å²) in [6, 6.07) is 9.05. The first-order valence-electron chi connectivity index (χ1n) is 5.57. The first-order valence-corrected chi connectivity index (χ1v) is 5.95. The van der Waals surface area contributed by atoms with Crippen molar-refractivity contribution in [1.82, 2.24) is 4.98 Å². The van der Waals surface area contributed by atoms with Crippen molar-refractivity contribution in [2.75, 3.05) is 5.32 Å². The van der Waals surface area contributed by atoms with Crippen LogP contribution in [0.1, 0.15) is 21.5 Å². The van der Waals surface area contributed by atoms with Crippen LogP contribution in [0.25, 0.3) is 0 Å². The van der Waals surface area contributed by atoms with Gasteiger partial charge in [-0.05, 0) is 43.2 Å². The lowest BCUT2D eigenvalue weighted by molar-refractivity contribution is 0.102. The van der Waals surface area contributed by atoms with Crippen LogP contribution in [0.3, 0.4) is 0 Å². The van der Waals surface area contributed by atoms with Crippen LogP contribution in [0, 0.1) is 13.8 Å². The van der Waals surface area contributed by atoms with Crippen molar-refractivity contribution < 1.29 is 4.79 Å². The molecule has 0 fully saturated rings. The van der Waals surface area contributed by atoms with E-state index in [2.05, 4.69) is 10.3 Å². The van der Waals surface area contributed by atoms with E-state index in [9.17, 15) is 4.79 Å². The number of rotatable bonds is 2. The lowest BCUT2D eigenvalue weighted by Gasteiger charge is -2.10. The number of carbonyl (C=O) groups excluding carboxylic acids is 1. The van der Waals surface area contributed by atoms with Crippen LogP contribution >= 0.6 is 11.6 Å². The predicted molar refractivity (Wildman–Crippen MR) is 73.1 cm³/mol. The summed E-state index contributed by atoms with van der Waals surface area (Å²) in [6.45, 7) is 3.99. The van der Waals surface area contributed by atoms with Crippen LogP contribution in [0.2, 0.25) is 5.15 Å². The van der Waals surface area contributed by atoms with Gasteiger partial charge in [0.25, 0.3) is 5.91 Å². The van der Waals surface area contributed by atoms with Crippen molar-refractivity contribution in [2.45, 2.75) is 13.8 Å². The van der Waals surface area contributed by atoms with Gasteiger partial charge in [0, 0.05) is 11.9 Å². The van der Waals surface area contributed by atoms with Gasteiger partial charge in [-0.2, -0.15) is 0 Å². The number of nitrogens with one attached hydrogen (secondary N) is 1. The van der Waals surface area contributed by atoms with Crippen LogP contribution < -0.4 is 5.32 Å². The molecule has 1 N–H and O–H groups in total. The zero-order valence-corrected chi connectivity index (χ0v) is 11.0. The molecule has 92 valence electrons. The van der Waals surface area contributed by atoms with Crippen LogP contribution in [0.15, 0.2) is 36.5 Å². The number of nitrogens with zero attached hydrogens (tertiary/aromatic N) is 1. The molecule has 0 spiro atoms. The fourth-order valence-corrected chi connectivity index (χ4v) is 1.70. The van der Waals surface area contributed by atoms with Crippen molar-refractivity contribution in [3.05, 3.63) is 58.4 Å². The summed E-state index contributed by atoms with van der Waals surface area (Å²) in [5.74, 6) is -0.187. The smallest absolute Gasteiger partial charge is 0.257 e. The Bertz CT molecular complexity index is 579. The third-order valence-electron chi connectivity index (χ3n) is 2.84. The zero-order valence-electron chi connectivity index (χ0n) is 10.2. The molecule has 0 atom stereocenters. The normalized spacial score (nSPS) is 10.2. The molecule has 0 radical (unpaired) electrons. The molecule has 1 amide bonds. The van der Waals surface area contributed by atoms with Gasteiger partial charge in [-0.1, -0.05) is 23.7 Å². The van der Waals surface area contributed by atoms with E-state index in [0.717, 1.165) is 16.8 Å². The van der Waals surface area contributed by atoms with E-state index >= 15 is 0 Å². The van der Waals surface area contributed by atoms with E-state index in [1.165, 1.54) is 6.20 Å². The highest BCUT2D eigenvalue weighted by molar-refractivity contribution is 6.29. The quantitative estimate of drug-likeness (QED) is 0.839. The van der Waals surface area contributed by atoms with Crippen LogP contribution in [-0.4, -0.2) is 10.9 Å². The number of hydrogen-bond acceptors (Lipinski definition) is 2. The molecule has 4 heteroatoms. The average Bonchev–Trinajstić information content (AvgIpc) is 2.36. The topological polar surface area (TPSA) is 42.0 Å². The maximum Gasteiger partial charge on any atom is 0.257 e. The van der Waals surface area contributed by atoms with Crippen molar-refractivity contribution >= 4 is 23.2 Å². The Balaban J connectivity index is 2.21. The van der Waals surface area contributed by atoms with Gasteiger partial charge in [-0.3, -0.25) is 4.79 Å². The maximum absolute atomic E-state index is 12.0. The van der Waals surface area contributed by atoms with Gasteiger partial charge in [0.2, 0.25) is 0 Å². The van der Waals surface area contributed by atoms with E-state index in [1.54, 1.807) is 12.1 Å². The summed E-state index contributed by atoms with van der Waals surface area (Å²) in [6.07, 6.45) is 1.46. The van der Waals surface area contributed by atoms with Crippen molar-refractivity contribution in [3.8, 4) is 0 Å². The molecule has 0 aliphatic heterocycles. The second-order valence-corrected chi connectivity index (χ2v) is 4.46. The Kier molecular flexibility index (Phi) is 3.63. The molecule has 1 aromatic heterocycles. The van der Waals surface area contributed by atoms with Crippen LogP contribution in [0.4, 0.5) is 5.69 Å². The Labute approximate surface area is 111 Å². The van der Waals surface area contributed by atoms with Crippen LogP contribution in [-0.2, 0) is 0 Å². The number of hydrogen-bond donors (Lipinski definition) is 1. The third kappa shape index (κ3) is 2.68. The van der Waals surface area contributed by atoms with Crippen LogP contribution in [0.5, 0.6) is 0 Å². The molecule has 0 saturated carbocycles. The van der Waals surface area contributed by atoms with E-state index in [1.807, 2.05) is 32.0 Å². The van der Waals surface area contributed by atoms with E-state index in [-0.39, 0.29) is 5.91 Å². The number of aromatic nitrogens is 1. The third-order valence-corrected chi connectivity index (χ3v) is 3.07. The molecule has 1 aromatic carbocycles. The fourth-order valence-electron chi connectivity index (χ4n) is 1.59. The largest absolute Gasteiger partial charge is 0.322 e. The number of pyridine rings is 1. The number of amides is 1. The summed E-state index contributed by atoms with van der Waals surface area (Å²) >= 11 is 5.68. The van der Waals surface area contributed by atoms with E-state index in [4.69, 9.17) is 11.6 Å². The van der Waals surface area contributed by atoms with Crippen molar-refractivity contribution in [3.63, 3.8) is 0 Å². The molecule has 0 bridgehead atoms. The minimum absolute atomic E-state index is 0.187. The summed E-state index contributed by atoms with van der Waals surface area (Å²) in [5.41, 5.74) is 3.50. The monoisotopic (exact) mass is 260 g/mol. The Morgan fingerprint density at radius 3 is 2.67 bits per heavy atom. The highest BCUT2D eigenvalue weighted by atomic mass is 35.5. The summed E-state index contributed by atoms with van der Waals surface area (Å²) in [7, 11) is 0. The van der Waals surface area contributed by atoms with Gasteiger partial charge in [-0.15, -0.1) is 0 Å². The molecular formula is C14H13ClN2O. The Morgan fingerprint density at radius 2 is 2.00 bits per heavy atom. The Morgan fingerprint density at radius 1 is 1.22 bits per heavy atom. The highest BCUT2D eigenvalue weighted by Crippen LogP contribution is 2.18. The standard InChI is InChI=1S/C14H13ClN2O/c1-9-4-3-5-12(10(9)2)17-14(18)11-6-7-13(15)16-8-11/h3-8H,1-2H3,(H,17,18). The van der Waals surface area contributed by atoms with Gasteiger partial charge in [0.1, 0.15) is 5.15 Å². The minimum Gasteiger partial charge on any atom is -0.322 e. The van der Waals surface area contributed by atoms with Gasteiger partial charge in [0.15, 0.2) is 0 Å². The predicted octanol–water partition coefficient (Wildman–Crippen LogP) is 3.60. The number of anilines is 1. The number of benzene rings is 1. The van der Waals surface area contributed by atoms with Crippen molar-refractivity contribution in [1.29, 1.82) is 0 Å². The first kappa shape index (κ1) is 12.6. The molecular weight excluding hydrogens is 248 g/mol. The lowest BCUT2D eigenvalue weighted by Crippen LogP contribution is -2.13. The lowest BCUT2D eigenvalue weighted by atomic mass is 10.1. The van der Waals surface area contributed by atoms with Gasteiger partial charge in [-0.25, -0.2) is 4.98 Å². The molecule has 0 unspecified atom stereocenters. The van der Waals surface area contributed by atoms with E-state index in [0.29, 0.717) is 10.7 Å². The molecule has 1 heterocycles. The number of halogens is 1. The SMILES string of the molecule is Cc1cccc(NC(=O)c2ccc(Cl)nc2)c1C. The molecule has 2 aromatic rings. The zero-order chi connectivity index (χ0) is 13.1. The maximum atomic E-state index is 12.0.